The summed E-state index contributed by atoms with van der Waals surface area (Å²) < 4.78 is 5.30. The van der Waals surface area contributed by atoms with Crippen LogP contribution in [0, 0.1) is 13.8 Å². The van der Waals surface area contributed by atoms with Gasteiger partial charge in [-0.1, -0.05) is 18.2 Å². The highest BCUT2D eigenvalue weighted by Gasteiger charge is 2.08. The number of ether oxygens (including phenoxy) is 1. The summed E-state index contributed by atoms with van der Waals surface area (Å²) in [6.45, 7) is 6.32. The highest BCUT2D eigenvalue weighted by Crippen LogP contribution is 2.23. The molecule has 0 radical (unpaired) electrons. The fourth-order valence-corrected chi connectivity index (χ4v) is 1.59. The van der Waals surface area contributed by atoms with Crippen molar-refractivity contribution >= 4 is 0 Å². The van der Waals surface area contributed by atoms with Gasteiger partial charge in [0.2, 0.25) is 0 Å². The van der Waals surface area contributed by atoms with Crippen LogP contribution in [0.3, 0.4) is 0 Å². The molecule has 0 aliphatic rings. The number of hydrogen-bond acceptors (Lipinski definition) is 1. The van der Waals surface area contributed by atoms with Crippen LogP contribution in [-0.4, -0.2) is 7.11 Å². The van der Waals surface area contributed by atoms with Crippen LogP contribution in [-0.2, 0) is 4.74 Å². The molecule has 0 saturated heterocycles. The zero-order valence-electron chi connectivity index (χ0n) is 8.22. The van der Waals surface area contributed by atoms with E-state index in [-0.39, 0.29) is 6.10 Å². The summed E-state index contributed by atoms with van der Waals surface area (Å²) in [4.78, 5) is 0. The van der Waals surface area contributed by atoms with Gasteiger partial charge in [0.1, 0.15) is 0 Å². The fourth-order valence-electron chi connectivity index (χ4n) is 1.59. The van der Waals surface area contributed by atoms with E-state index in [4.69, 9.17) is 4.74 Å². The molecular weight excluding hydrogens is 148 g/mol. The van der Waals surface area contributed by atoms with Gasteiger partial charge in [-0.2, -0.15) is 0 Å². The van der Waals surface area contributed by atoms with Crippen LogP contribution in [0.4, 0.5) is 0 Å². The van der Waals surface area contributed by atoms with Crippen molar-refractivity contribution in [1.82, 2.24) is 0 Å². The Balaban J connectivity index is 3.12. The molecule has 0 aliphatic heterocycles. The van der Waals surface area contributed by atoms with E-state index in [0.717, 1.165) is 0 Å². The molecule has 0 N–H and O–H groups in total. The summed E-state index contributed by atoms with van der Waals surface area (Å²) in [7, 11) is 1.75. The van der Waals surface area contributed by atoms with Crippen LogP contribution in [0.1, 0.15) is 29.7 Å². The molecule has 0 aliphatic carbocycles. The van der Waals surface area contributed by atoms with E-state index >= 15 is 0 Å². The Kier molecular flexibility index (Phi) is 2.88. The van der Waals surface area contributed by atoms with Gasteiger partial charge in [-0.25, -0.2) is 0 Å². The van der Waals surface area contributed by atoms with E-state index in [0.29, 0.717) is 0 Å². The molecule has 1 atom stereocenters. The molecule has 0 heterocycles. The summed E-state index contributed by atoms with van der Waals surface area (Å²) in [6.07, 6.45) is 0.200. The zero-order chi connectivity index (χ0) is 9.14. The third kappa shape index (κ3) is 1.67. The number of rotatable bonds is 2. The predicted molar refractivity (Wildman–Crippen MR) is 51.3 cm³/mol. The molecule has 1 unspecified atom stereocenters. The second-order valence-electron chi connectivity index (χ2n) is 3.18. The highest BCUT2D eigenvalue weighted by molar-refractivity contribution is 5.34. The highest BCUT2D eigenvalue weighted by atomic mass is 16.5. The average Bonchev–Trinajstić information content (AvgIpc) is 2.03. The van der Waals surface area contributed by atoms with Crippen molar-refractivity contribution in [3.8, 4) is 0 Å². The SMILES string of the molecule is COC(C)c1c(C)cccc1C. The van der Waals surface area contributed by atoms with Gasteiger partial charge in [-0.05, 0) is 37.5 Å². The number of benzene rings is 1. The van der Waals surface area contributed by atoms with Crippen molar-refractivity contribution in [3.63, 3.8) is 0 Å². The summed E-state index contributed by atoms with van der Waals surface area (Å²) >= 11 is 0. The van der Waals surface area contributed by atoms with E-state index in [1.54, 1.807) is 7.11 Å². The number of methoxy groups -OCH3 is 1. The van der Waals surface area contributed by atoms with Crippen LogP contribution in [0.25, 0.3) is 0 Å². The molecule has 0 amide bonds. The largest absolute Gasteiger partial charge is 0.377 e. The van der Waals surface area contributed by atoms with E-state index in [9.17, 15) is 0 Å². The molecule has 0 bridgehead atoms. The minimum Gasteiger partial charge on any atom is -0.377 e. The van der Waals surface area contributed by atoms with Gasteiger partial charge in [0.05, 0.1) is 6.10 Å². The molecule has 1 rings (SSSR count). The third-order valence-corrected chi connectivity index (χ3v) is 2.30. The zero-order valence-corrected chi connectivity index (χ0v) is 8.22. The minimum absolute atomic E-state index is 0.200. The van der Waals surface area contributed by atoms with Crippen LogP contribution in [0.5, 0.6) is 0 Å². The molecule has 1 aromatic carbocycles. The molecule has 1 nitrogen and oxygen atoms in total. The van der Waals surface area contributed by atoms with Crippen LogP contribution >= 0.6 is 0 Å². The maximum absolute atomic E-state index is 5.30. The van der Waals surface area contributed by atoms with Crippen molar-refractivity contribution in [2.24, 2.45) is 0 Å². The number of aryl methyl sites for hydroxylation is 2. The maximum atomic E-state index is 5.30. The Hall–Kier alpha value is -0.820. The van der Waals surface area contributed by atoms with Gasteiger partial charge < -0.3 is 4.74 Å². The molecule has 0 spiro atoms. The Morgan fingerprint density at radius 1 is 1.17 bits per heavy atom. The summed E-state index contributed by atoms with van der Waals surface area (Å²) in [5, 5.41) is 0. The van der Waals surface area contributed by atoms with E-state index < -0.39 is 0 Å². The second-order valence-corrected chi connectivity index (χ2v) is 3.18. The molecule has 12 heavy (non-hydrogen) atoms. The lowest BCUT2D eigenvalue weighted by Crippen LogP contribution is -2.01. The van der Waals surface area contributed by atoms with Crippen molar-refractivity contribution < 1.29 is 4.74 Å². The molecule has 66 valence electrons. The first-order valence-electron chi connectivity index (χ1n) is 4.25. The number of hydrogen-bond donors (Lipinski definition) is 0. The topological polar surface area (TPSA) is 9.23 Å². The van der Waals surface area contributed by atoms with Gasteiger partial charge in [0, 0.05) is 7.11 Å². The van der Waals surface area contributed by atoms with Crippen molar-refractivity contribution in [1.29, 1.82) is 0 Å². The molecule has 1 aromatic rings. The van der Waals surface area contributed by atoms with Crippen molar-refractivity contribution in [2.75, 3.05) is 7.11 Å². The van der Waals surface area contributed by atoms with E-state index in [2.05, 4.69) is 39.0 Å². The molecule has 0 aromatic heterocycles. The minimum atomic E-state index is 0.200. The van der Waals surface area contributed by atoms with Gasteiger partial charge in [-0.3, -0.25) is 0 Å². The molecular formula is C11H16O. The first kappa shape index (κ1) is 9.27. The van der Waals surface area contributed by atoms with Crippen LogP contribution in [0.2, 0.25) is 0 Å². The van der Waals surface area contributed by atoms with Gasteiger partial charge in [0.15, 0.2) is 0 Å². The lowest BCUT2D eigenvalue weighted by molar-refractivity contribution is 0.118. The van der Waals surface area contributed by atoms with Crippen LogP contribution < -0.4 is 0 Å². The molecule has 0 saturated carbocycles. The van der Waals surface area contributed by atoms with Gasteiger partial charge >= 0.3 is 0 Å². The fraction of sp³-hybridized carbons (Fsp3) is 0.455. The Bertz CT molecular complexity index is 245. The Morgan fingerprint density at radius 3 is 2.08 bits per heavy atom. The third-order valence-electron chi connectivity index (χ3n) is 2.30. The Morgan fingerprint density at radius 2 is 1.67 bits per heavy atom. The van der Waals surface area contributed by atoms with Crippen molar-refractivity contribution in [2.45, 2.75) is 26.9 Å². The first-order valence-corrected chi connectivity index (χ1v) is 4.25. The predicted octanol–water partition coefficient (Wildman–Crippen LogP) is 3.01. The normalized spacial score (nSPS) is 13.0. The second kappa shape index (κ2) is 3.72. The van der Waals surface area contributed by atoms with Crippen LogP contribution in [0.15, 0.2) is 18.2 Å². The van der Waals surface area contributed by atoms with Gasteiger partial charge in [-0.15, -0.1) is 0 Å². The standard InChI is InChI=1S/C11H16O/c1-8-6-5-7-9(2)11(8)10(3)12-4/h5-7,10H,1-4H3. The molecule has 0 fully saturated rings. The average molecular weight is 164 g/mol. The van der Waals surface area contributed by atoms with E-state index in [1.807, 2.05) is 0 Å². The Labute approximate surface area is 74.4 Å². The first-order chi connectivity index (χ1) is 5.66. The molecule has 1 heteroatoms. The van der Waals surface area contributed by atoms with Gasteiger partial charge in [0.25, 0.3) is 0 Å². The quantitative estimate of drug-likeness (QED) is 0.653. The maximum Gasteiger partial charge on any atom is 0.0798 e. The lowest BCUT2D eigenvalue weighted by atomic mass is 9.99. The smallest absolute Gasteiger partial charge is 0.0798 e. The summed E-state index contributed by atoms with van der Waals surface area (Å²) in [5.74, 6) is 0. The summed E-state index contributed by atoms with van der Waals surface area (Å²) in [6, 6.07) is 6.33. The lowest BCUT2D eigenvalue weighted by Gasteiger charge is -2.15. The summed E-state index contributed by atoms with van der Waals surface area (Å²) in [5.41, 5.74) is 3.94. The van der Waals surface area contributed by atoms with Crippen molar-refractivity contribution in [3.05, 3.63) is 34.9 Å². The monoisotopic (exact) mass is 164 g/mol. The van der Waals surface area contributed by atoms with E-state index in [1.165, 1.54) is 16.7 Å².